The van der Waals surface area contributed by atoms with Crippen LogP contribution in [0.25, 0.3) is 10.8 Å². The summed E-state index contributed by atoms with van der Waals surface area (Å²) in [6.45, 7) is 0.662. The summed E-state index contributed by atoms with van der Waals surface area (Å²) in [6, 6.07) is 16.1. The molecule has 2 heteroatoms. The number of fused-ring (bicyclic) bond motifs is 1. The van der Waals surface area contributed by atoms with Crippen LogP contribution in [0.5, 0.6) is 0 Å². The Hall–Kier alpha value is -1.38. The van der Waals surface area contributed by atoms with Crippen molar-refractivity contribution in [1.29, 1.82) is 0 Å². The third-order valence-electron chi connectivity index (χ3n) is 4.45. The second-order valence-electron chi connectivity index (χ2n) is 5.90. The molecule has 0 amide bonds. The van der Waals surface area contributed by atoms with Gasteiger partial charge < -0.3 is 11.1 Å². The predicted octanol–water partition coefficient (Wildman–Crippen LogP) is 3.76. The average molecular weight is 268 g/mol. The highest BCUT2D eigenvalue weighted by atomic mass is 15.0. The molecule has 0 aliphatic heterocycles. The molecule has 3 rings (SSSR count). The van der Waals surface area contributed by atoms with Gasteiger partial charge in [0, 0.05) is 18.6 Å². The van der Waals surface area contributed by atoms with E-state index >= 15 is 0 Å². The Morgan fingerprint density at radius 1 is 1.00 bits per heavy atom. The normalized spacial score (nSPS) is 18.2. The van der Waals surface area contributed by atoms with E-state index in [1.807, 2.05) is 0 Å². The van der Waals surface area contributed by atoms with Crippen molar-refractivity contribution in [2.45, 2.75) is 44.2 Å². The highest BCUT2D eigenvalue weighted by Gasteiger charge is 2.18. The van der Waals surface area contributed by atoms with E-state index in [9.17, 15) is 0 Å². The lowest BCUT2D eigenvalue weighted by Crippen LogP contribution is -2.37. The third kappa shape index (κ3) is 3.02. The first-order valence-corrected chi connectivity index (χ1v) is 7.81. The molecule has 2 nitrogen and oxygen atoms in total. The van der Waals surface area contributed by atoms with Gasteiger partial charge in [-0.05, 0) is 35.2 Å². The van der Waals surface area contributed by atoms with Crippen LogP contribution in [0.4, 0.5) is 0 Å². The molecule has 0 saturated heterocycles. The summed E-state index contributed by atoms with van der Waals surface area (Å²) in [7, 11) is 0. The maximum absolute atomic E-state index is 6.00. The molecule has 1 unspecified atom stereocenters. The molecule has 1 saturated carbocycles. The molecule has 0 bridgehead atoms. The second kappa shape index (κ2) is 6.38. The van der Waals surface area contributed by atoms with Gasteiger partial charge in [-0.2, -0.15) is 0 Å². The average Bonchev–Trinajstić information content (AvgIpc) is 2.53. The van der Waals surface area contributed by atoms with E-state index in [0.717, 1.165) is 0 Å². The van der Waals surface area contributed by atoms with Crippen LogP contribution in [0.2, 0.25) is 0 Å². The molecule has 1 aliphatic rings. The summed E-state index contributed by atoms with van der Waals surface area (Å²) < 4.78 is 0. The van der Waals surface area contributed by atoms with Gasteiger partial charge >= 0.3 is 0 Å². The molecule has 0 spiro atoms. The van der Waals surface area contributed by atoms with E-state index in [1.54, 1.807) is 0 Å². The zero-order valence-corrected chi connectivity index (χ0v) is 12.0. The SMILES string of the molecule is NCC(NC1CCCCC1)c1ccc2ccccc2c1. The fraction of sp³-hybridized carbons (Fsp3) is 0.444. The number of rotatable bonds is 4. The van der Waals surface area contributed by atoms with Gasteiger partial charge in [0.1, 0.15) is 0 Å². The fourth-order valence-corrected chi connectivity index (χ4v) is 3.28. The van der Waals surface area contributed by atoms with Crippen LogP contribution < -0.4 is 11.1 Å². The Morgan fingerprint density at radius 2 is 1.75 bits per heavy atom. The molecule has 0 aromatic heterocycles. The van der Waals surface area contributed by atoms with Crippen molar-refractivity contribution in [3.05, 3.63) is 48.0 Å². The second-order valence-corrected chi connectivity index (χ2v) is 5.90. The Kier molecular flexibility index (Phi) is 4.34. The van der Waals surface area contributed by atoms with Gasteiger partial charge in [-0.3, -0.25) is 0 Å². The van der Waals surface area contributed by atoms with E-state index < -0.39 is 0 Å². The first kappa shape index (κ1) is 13.6. The molecule has 106 valence electrons. The van der Waals surface area contributed by atoms with Crippen LogP contribution in [0, 0.1) is 0 Å². The predicted molar refractivity (Wildman–Crippen MR) is 85.8 cm³/mol. The van der Waals surface area contributed by atoms with Gasteiger partial charge in [0.05, 0.1) is 0 Å². The lowest BCUT2D eigenvalue weighted by Gasteiger charge is -2.28. The minimum Gasteiger partial charge on any atom is -0.329 e. The Labute approximate surface area is 121 Å². The monoisotopic (exact) mass is 268 g/mol. The van der Waals surface area contributed by atoms with Crippen LogP contribution in [-0.4, -0.2) is 12.6 Å². The molecular weight excluding hydrogens is 244 g/mol. The van der Waals surface area contributed by atoms with Gasteiger partial charge in [0.2, 0.25) is 0 Å². The fourth-order valence-electron chi connectivity index (χ4n) is 3.28. The largest absolute Gasteiger partial charge is 0.329 e. The molecule has 1 aliphatic carbocycles. The standard InChI is InChI=1S/C18H24N2/c19-13-18(20-17-8-2-1-3-9-17)16-11-10-14-6-4-5-7-15(14)12-16/h4-7,10-12,17-18,20H,1-3,8-9,13,19H2. The molecule has 0 heterocycles. The molecule has 1 atom stereocenters. The number of nitrogens with two attached hydrogens (primary N) is 1. The lowest BCUT2D eigenvalue weighted by atomic mass is 9.93. The smallest absolute Gasteiger partial charge is 0.0446 e. The summed E-state index contributed by atoms with van der Waals surface area (Å²) in [6.07, 6.45) is 6.69. The van der Waals surface area contributed by atoms with Gasteiger partial charge in [-0.15, -0.1) is 0 Å². The summed E-state index contributed by atoms with van der Waals surface area (Å²) in [4.78, 5) is 0. The van der Waals surface area contributed by atoms with Gasteiger partial charge in [-0.25, -0.2) is 0 Å². The van der Waals surface area contributed by atoms with Crippen LogP contribution in [-0.2, 0) is 0 Å². The highest BCUT2D eigenvalue weighted by molar-refractivity contribution is 5.83. The van der Waals surface area contributed by atoms with Crippen LogP contribution in [0.3, 0.4) is 0 Å². The maximum Gasteiger partial charge on any atom is 0.0446 e. The number of benzene rings is 2. The molecule has 1 fully saturated rings. The van der Waals surface area contributed by atoms with Crippen LogP contribution in [0.15, 0.2) is 42.5 Å². The van der Waals surface area contributed by atoms with Crippen molar-refractivity contribution in [2.75, 3.05) is 6.54 Å². The quantitative estimate of drug-likeness (QED) is 0.886. The first-order valence-electron chi connectivity index (χ1n) is 7.81. The molecular formula is C18H24N2. The lowest BCUT2D eigenvalue weighted by molar-refractivity contribution is 0.340. The molecule has 0 radical (unpaired) electrons. The van der Waals surface area contributed by atoms with E-state index in [2.05, 4.69) is 47.8 Å². The third-order valence-corrected chi connectivity index (χ3v) is 4.45. The molecule has 2 aromatic carbocycles. The maximum atomic E-state index is 6.00. The summed E-state index contributed by atoms with van der Waals surface area (Å²) in [5.41, 5.74) is 7.32. The topological polar surface area (TPSA) is 38.0 Å². The number of hydrogen-bond acceptors (Lipinski definition) is 2. The van der Waals surface area contributed by atoms with Crippen LogP contribution >= 0.6 is 0 Å². The Balaban J connectivity index is 1.79. The minimum atomic E-state index is 0.280. The van der Waals surface area contributed by atoms with E-state index in [-0.39, 0.29) is 6.04 Å². The highest BCUT2D eigenvalue weighted by Crippen LogP contribution is 2.23. The summed E-state index contributed by atoms with van der Waals surface area (Å²) >= 11 is 0. The van der Waals surface area contributed by atoms with Crippen molar-refractivity contribution < 1.29 is 0 Å². The summed E-state index contributed by atoms with van der Waals surface area (Å²) in [5, 5.41) is 6.36. The Bertz CT molecular complexity index is 558. The van der Waals surface area contributed by atoms with Gasteiger partial charge in [0.25, 0.3) is 0 Å². The molecule has 3 N–H and O–H groups in total. The van der Waals surface area contributed by atoms with Crippen molar-refractivity contribution >= 4 is 10.8 Å². The van der Waals surface area contributed by atoms with E-state index in [1.165, 1.54) is 48.4 Å². The summed E-state index contributed by atoms with van der Waals surface area (Å²) in [5.74, 6) is 0. The molecule has 20 heavy (non-hydrogen) atoms. The van der Waals surface area contributed by atoms with E-state index in [0.29, 0.717) is 12.6 Å². The van der Waals surface area contributed by atoms with Crippen molar-refractivity contribution in [2.24, 2.45) is 5.73 Å². The number of nitrogens with one attached hydrogen (secondary N) is 1. The molecule has 2 aromatic rings. The van der Waals surface area contributed by atoms with Crippen molar-refractivity contribution in [1.82, 2.24) is 5.32 Å². The Morgan fingerprint density at radius 3 is 2.50 bits per heavy atom. The van der Waals surface area contributed by atoms with Gasteiger partial charge in [-0.1, -0.05) is 55.7 Å². The van der Waals surface area contributed by atoms with Crippen molar-refractivity contribution in [3.63, 3.8) is 0 Å². The van der Waals surface area contributed by atoms with Gasteiger partial charge in [0.15, 0.2) is 0 Å². The first-order chi connectivity index (χ1) is 9.86. The number of hydrogen-bond donors (Lipinski definition) is 2. The minimum absolute atomic E-state index is 0.280. The van der Waals surface area contributed by atoms with Crippen molar-refractivity contribution in [3.8, 4) is 0 Å². The zero-order chi connectivity index (χ0) is 13.8. The van der Waals surface area contributed by atoms with Crippen LogP contribution in [0.1, 0.15) is 43.7 Å². The zero-order valence-electron chi connectivity index (χ0n) is 12.0. The van der Waals surface area contributed by atoms with E-state index in [4.69, 9.17) is 5.73 Å².